The average molecular weight is 397 g/mol. The van der Waals surface area contributed by atoms with Gasteiger partial charge < -0.3 is 9.88 Å². The third-order valence-corrected chi connectivity index (χ3v) is 4.75. The Morgan fingerprint density at radius 2 is 1.64 bits per heavy atom. The van der Waals surface area contributed by atoms with Crippen LogP contribution in [0.3, 0.4) is 0 Å². The number of para-hydroxylation sites is 1. The Balaban J connectivity index is 1.88. The molecule has 1 aromatic heterocycles. The molecule has 3 nitrogen and oxygen atoms in total. The van der Waals surface area contributed by atoms with Gasteiger partial charge in [0.1, 0.15) is 0 Å². The predicted octanol–water partition coefficient (Wildman–Crippen LogP) is 5.80. The van der Waals surface area contributed by atoms with Gasteiger partial charge in [-0.1, -0.05) is 35.9 Å². The van der Waals surface area contributed by atoms with Gasteiger partial charge in [-0.25, -0.2) is 8.78 Å². The number of nitrogens with zero attached hydrogens (tertiary/aromatic N) is 1. The Hall–Kier alpha value is -3.18. The second-order valence-corrected chi connectivity index (χ2v) is 6.78. The number of benzene rings is 3. The highest BCUT2D eigenvalue weighted by molar-refractivity contribution is 6.30. The van der Waals surface area contributed by atoms with Crippen LogP contribution in [-0.4, -0.2) is 4.98 Å². The summed E-state index contributed by atoms with van der Waals surface area (Å²) in [7, 11) is 0. The van der Waals surface area contributed by atoms with Gasteiger partial charge in [0.15, 0.2) is 11.6 Å². The molecular formula is C22H15ClF2N2O. The molecule has 0 fully saturated rings. The second kappa shape index (κ2) is 7.44. The van der Waals surface area contributed by atoms with E-state index in [1.54, 1.807) is 6.07 Å². The van der Waals surface area contributed by atoms with Crippen LogP contribution in [0.5, 0.6) is 0 Å². The zero-order chi connectivity index (χ0) is 19.7. The fraction of sp³-hybridized carbons (Fsp3) is 0.0455. The number of hydrogen-bond acceptors (Lipinski definition) is 2. The SMILES string of the molecule is O=c1cc(CN(c2ccccc2)c2cccc(Cl)c2)c2ccc(F)c(F)c2[nH]1. The summed E-state index contributed by atoms with van der Waals surface area (Å²) in [5.74, 6) is -2.07. The van der Waals surface area contributed by atoms with E-state index in [2.05, 4.69) is 4.98 Å². The van der Waals surface area contributed by atoms with E-state index in [1.165, 1.54) is 12.1 Å². The Bertz CT molecular complexity index is 1210. The van der Waals surface area contributed by atoms with Gasteiger partial charge in [-0.3, -0.25) is 4.79 Å². The topological polar surface area (TPSA) is 36.1 Å². The lowest BCUT2D eigenvalue weighted by Gasteiger charge is -2.26. The van der Waals surface area contributed by atoms with Crippen molar-refractivity contribution < 1.29 is 8.78 Å². The summed E-state index contributed by atoms with van der Waals surface area (Å²) >= 11 is 6.16. The van der Waals surface area contributed by atoms with Crippen molar-refractivity contribution in [1.82, 2.24) is 4.98 Å². The molecule has 0 bridgehead atoms. The van der Waals surface area contributed by atoms with Gasteiger partial charge in [0.25, 0.3) is 0 Å². The number of hydrogen-bond donors (Lipinski definition) is 1. The standard InChI is InChI=1S/C22H15ClF2N2O/c23-15-5-4-8-17(12-15)27(16-6-2-1-3-7-16)13-14-11-20(28)26-22-18(14)9-10-19(24)21(22)25/h1-12H,13H2,(H,26,28). The molecule has 0 aliphatic heterocycles. The van der Waals surface area contributed by atoms with E-state index >= 15 is 0 Å². The van der Waals surface area contributed by atoms with Crippen molar-refractivity contribution in [3.63, 3.8) is 0 Å². The van der Waals surface area contributed by atoms with E-state index in [-0.39, 0.29) is 12.1 Å². The second-order valence-electron chi connectivity index (χ2n) is 6.34. The summed E-state index contributed by atoms with van der Waals surface area (Å²) in [5, 5.41) is 1.02. The molecule has 0 spiro atoms. The van der Waals surface area contributed by atoms with E-state index in [0.717, 1.165) is 17.4 Å². The normalized spacial score (nSPS) is 11.0. The van der Waals surface area contributed by atoms with Gasteiger partial charge in [-0.15, -0.1) is 0 Å². The Morgan fingerprint density at radius 3 is 2.39 bits per heavy atom. The minimum absolute atomic E-state index is 0.137. The predicted molar refractivity (Wildman–Crippen MR) is 108 cm³/mol. The molecule has 0 amide bonds. The smallest absolute Gasteiger partial charge is 0.248 e. The highest BCUT2D eigenvalue weighted by Gasteiger charge is 2.16. The molecule has 0 aliphatic rings. The maximum atomic E-state index is 14.2. The van der Waals surface area contributed by atoms with E-state index in [9.17, 15) is 13.6 Å². The van der Waals surface area contributed by atoms with Crippen LogP contribution in [-0.2, 0) is 6.54 Å². The summed E-state index contributed by atoms with van der Waals surface area (Å²) in [6.07, 6.45) is 0. The van der Waals surface area contributed by atoms with E-state index in [4.69, 9.17) is 11.6 Å². The molecule has 3 aromatic carbocycles. The molecule has 0 saturated carbocycles. The molecule has 0 unspecified atom stereocenters. The highest BCUT2D eigenvalue weighted by Crippen LogP contribution is 2.31. The number of anilines is 2. The van der Waals surface area contributed by atoms with Crippen LogP contribution in [0.2, 0.25) is 5.02 Å². The molecule has 0 aliphatic carbocycles. The van der Waals surface area contributed by atoms with Gasteiger partial charge in [0, 0.05) is 34.4 Å². The van der Waals surface area contributed by atoms with Gasteiger partial charge in [0.2, 0.25) is 5.56 Å². The third-order valence-electron chi connectivity index (χ3n) is 4.51. The summed E-state index contributed by atoms with van der Waals surface area (Å²) in [6.45, 7) is 0.274. The first-order chi connectivity index (χ1) is 13.5. The number of H-pyrrole nitrogens is 1. The average Bonchev–Trinajstić information content (AvgIpc) is 2.70. The molecular weight excluding hydrogens is 382 g/mol. The van der Waals surface area contributed by atoms with Gasteiger partial charge >= 0.3 is 0 Å². The molecule has 4 rings (SSSR count). The fourth-order valence-electron chi connectivity index (χ4n) is 3.22. The summed E-state index contributed by atoms with van der Waals surface area (Å²) in [4.78, 5) is 16.4. The maximum Gasteiger partial charge on any atom is 0.248 e. The van der Waals surface area contributed by atoms with Crippen molar-refractivity contribution >= 4 is 33.9 Å². The van der Waals surface area contributed by atoms with Gasteiger partial charge in [-0.05, 0) is 48.0 Å². The van der Waals surface area contributed by atoms with Crippen molar-refractivity contribution in [2.24, 2.45) is 0 Å². The molecule has 0 atom stereocenters. The van der Waals surface area contributed by atoms with Gasteiger partial charge in [0.05, 0.1) is 5.52 Å². The maximum absolute atomic E-state index is 14.2. The minimum Gasteiger partial charge on any atom is -0.337 e. The van der Waals surface area contributed by atoms with Crippen LogP contribution >= 0.6 is 11.6 Å². The fourth-order valence-corrected chi connectivity index (χ4v) is 3.41. The van der Waals surface area contributed by atoms with E-state index in [0.29, 0.717) is 16.0 Å². The van der Waals surface area contributed by atoms with E-state index in [1.807, 2.05) is 53.4 Å². The molecule has 0 saturated heterocycles. The highest BCUT2D eigenvalue weighted by atomic mass is 35.5. The molecule has 1 heterocycles. The monoisotopic (exact) mass is 396 g/mol. The quantitative estimate of drug-likeness (QED) is 0.473. The summed E-state index contributed by atoms with van der Waals surface area (Å²) in [5.41, 5.74) is 1.63. The summed E-state index contributed by atoms with van der Waals surface area (Å²) in [6, 6.07) is 20.8. The van der Waals surface area contributed by atoms with Crippen LogP contribution < -0.4 is 10.5 Å². The molecule has 1 N–H and O–H groups in total. The van der Waals surface area contributed by atoms with Gasteiger partial charge in [-0.2, -0.15) is 0 Å². The Labute approximate surface area is 164 Å². The number of fused-ring (bicyclic) bond motifs is 1. The van der Waals surface area contributed by atoms with Crippen LogP contribution in [0.25, 0.3) is 10.9 Å². The molecule has 6 heteroatoms. The number of nitrogens with one attached hydrogen (secondary N) is 1. The number of rotatable bonds is 4. The molecule has 0 radical (unpaired) electrons. The minimum atomic E-state index is -1.06. The van der Waals surface area contributed by atoms with Crippen LogP contribution in [0.1, 0.15) is 5.56 Å². The van der Waals surface area contributed by atoms with Crippen molar-refractivity contribution in [2.45, 2.75) is 6.54 Å². The first-order valence-corrected chi connectivity index (χ1v) is 8.99. The summed E-state index contributed by atoms with van der Waals surface area (Å²) < 4.78 is 27.8. The van der Waals surface area contributed by atoms with Crippen LogP contribution in [0.15, 0.2) is 77.6 Å². The molecule has 28 heavy (non-hydrogen) atoms. The first-order valence-electron chi connectivity index (χ1n) is 8.61. The van der Waals surface area contributed by atoms with Crippen molar-refractivity contribution in [3.05, 3.63) is 105 Å². The number of aromatic nitrogens is 1. The third kappa shape index (κ3) is 3.49. The number of halogens is 3. The van der Waals surface area contributed by atoms with Crippen LogP contribution in [0, 0.1) is 11.6 Å². The Morgan fingerprint density at radius 1 is 0.893 bits per heavy atom. The molecule has 140 valence electrons. The van der Waals surface area contributed by atoms with Crippen molar-refractivity contribution in [1.29, 1.82) is 0 Å². The molecule has 4 aromatic rings. The number of aromatic amines is 1. The zero-order valence-corrected chi connectivity index (χ0v) is 15.4. The Kier molecular flexibility index (Phi) is 4.84. The first kappa shape index (κ1) is 18.2. The number of pyridine rings is 1. The van der Waals surface area contributed by atoms with Crippen LogP contribution in [0.4, 0.5) is 20.2 Å². The van der Waals surface area contributed by atoms with Crippen molar-refractivity contribution in [3.8, 4) is 0 Å². The largest absolute Gasteiger partial charge is 0.337 e. The lowest BCUT2D eigenvalue weighted by Crippen LogP contribution is -2.19. The lowest BCUT2D eigenvalue weighted by molar-refractivity contribution is 0.515. The zero-order valence-electron chi connectivity index (χ0n) is 14.6. The lowest BCUT2D eigenvalue weighted by atomic mass is 10.1. The van der Waals surface area contributed by atoms with E-state index < -0.39 is 17.2 Å². The van der Waals surface area contributed by atoms with Crippen molar-refractivity contribution in [2.75, 3.05) is 4.90 Å².